The molecule has 2 aliphatic rings. The molecule has 3 heterocycles. The van der Waals surface area contributed by atoms with Crippen LogP contribution in [0.4, 0.5) is 0 Å². The third-order valence-electron chi connectivity index (χ3n) is 6.11. The number of hydrogen-bond acceptors (Lipinski definition) is 5. The third kappa shape index (κ3) is 2.89. The summed E-state index contributed by atoms with van der Waals surface area (Å²) in [6.45, 7) is 0. The Morgan fingerprint density at radius 3 is 2.39 bits per heavy atom. The highest BCUT2D eigenvalue weighted by Gasteiger charge is 2.32. The molecule has 0 bridgehead atoms. The topological polar surface area (TPSA) is 60.9 Å². The summed E-state index contributed by atoms with van der Waals surface area (Å²) < 4.78 is 3.90. The highest BCUT2D eigenvalue weighted by molar-refractivity contribution is 7.99. The van der Waals surface area contributed by atoms with E-state index >= 15 is 0 Å². The summed E-state index contributed by atoms with van der Waals surface area (Å²) in [7, 11) is 0. The number of hydrogen-bond donors (Lipinski definition) is 0. The molecule has 1 aliphatic heterocycles. The van der Waals surface area contributed by atoms with E-state index in [1.807, 2.05) is 45.8 Å². The van der Waals surface area contributed by atoms with Crippen molar-refractivity contribution in [2.75, 3.05) is 5.75 Å². The van der Waals surface area contributed by atoms with E-state index in [9.17, 15) is 0 Å². The van der Waals surface area contributed by atoms with Crippen molar-refractivity contribution in [2.24, 2.45) is 5.10 Å². The fraction of sp³-hybridized carbons (Fsp3) is 0.0769. The highest BCUT2D eigenvalue weighted by atomic mass is 32.2. The van der Waals surface area contributed by atoms with Crippen LogP contribution in [0.15, 0.2) is 95.2 Å². The second-order valence-corrected chi connectivity index (χ2v) is 9.02. The van der Waals surface area contributed by atoms with Crippen LogP contribution in [0.5, 0.6) is 0 Å². The number of aromatic nitrogens is 5. The Kier molecular flexibility index (Phi) is 4.10. The van der Waals surface area contributed by atoms with Crippen LogP contribution in [-0.2, 0) is 6.42 Å². The van der Waals surface area contributed by atoms with Gasteiger partial charge in [0.25, 0.3) is 0 Å². The average molecular weight is 447 g/mol. The highest BCUT2D eigenvalue weighted by Crippen LogP contribution is 2.43. The molecule has 0 radical (unpaired) electrons. The van der Waals surface area contributed by atoms with E-state index in [1.165, 1.54) is 16.7 Å². The normalized spacial score (nSPS) is 13.9. The molecule has 33 heavy (non-hydrogen) atoms. The van der Waals surface area contributed by atoms with Crippen LogP contribution in [0.2, 0.25) is 0 Å². The van der Waals surface area contributed by atoms with Crippen molar-refractivity contribution in [3.05, 3.63) is 102 Å². The Morgan fingerprint density at radius 2 is 1.55 bits per heavy atom. The second-order valence-electron chi connectivity index (χ2n) is 8.08. The van der Waals surface area contributed by atoms with Gasteiger partial charge in [-0.25, -0.2) is 4.68 Å². The summed E-state index contributed by atoms with van der Waals surface area (Å²) in [5, 5.41) is 19.8. The predicted molar refractivity (Wildman–Crippen MR) is 130 cm³/mol. The molecule has 0 spiro atoms. The number of nitrogens with zero attached hydrogens (tertiary/aromatic N) is 6. The summed E-state index contributed by atoms with van der Waals surface area (Å²) in [4.78, 5) is 0. The van der Waals surface area contributed by atoms with Gasteiger partial charge in [-0.3, -0.25) is 0 Å². The molecule has 0 fully saturated rings. The van der Waals surface area contributed by atoms with Gasteiger partial charge in [0.15, 0.2) is 0 Å². The van der Waals surface area contributed by atoms with Crippen LogP contribution >= 0.6 is 11.8 Å². The maximum Gasteiger partial charge on any atom is 0.212 e. The van der Waals surface area contributed by atoms with Crippen LogP contribution in [0.25, 0.3) is 28.5 Å². The van der Waals surface area contributed by atoms with Gasteiger partial charge >= 0.3 is 0 Å². The first kappa shape index (κ1) is 18.6. The zero-order chi connectivity index (χ0) is 21.8. The smallest absolute Gasteiger partial charge is 0.212 e. The first-order valence-electron chi connectivity index (χ1n) is 10.8. The molecule has 0 saturated carbocycles. The van der Waals surface area contributed by atoms with E-state index < -0.39 is 0 Å². The first-order valence-corrected chi connectivity index (χ1v) is 11.8. The number of thioether (sulfide) groups is 1. The van der Waals surface area contributed by atoms with Crippen LogP contribution in [0, 0.1) is 0 Å². The Balaban J connectivity index is 1.43. The van der Waals surface area contributed by atoms with Gasteiger partial charge in [0.1, 0.15) is 5.69 Å². The molecule has 3 aromatic carbocycles. The molecule has 6 nitrogen and oxygen atoms in total. The van der Waals surface area contributed by atoms with Gasteiger partial charge in [-0.05, 0) is 23.3 Å². The average Bonchev–Trinajstić information content (AvgIpc) is 3.57. The number of rotatable bonds is 3. The summed E-state index contributed by atoms with van der Waals surface area (Å²) in [5.41, 5.74) is 8.80. The van der Waals surface area contributed by atoms with E-state index in [-0.39, 0.29) is 0 Å². The van der Waals surface area contributed by atoms with Crippen molar-refractivity contribution in [2.45, 2.75) is 11.6 Å². The lowest BCUT2D eigenvalue weighted by molar-refractivity contribution is 0.758. The van der Waals surface area contributed by atoms with Gasteiger partial charge in [-0.1, -0.05) is 84.6 Å². The maximum atomic E-state index is 5.06. The van der Waals surface area contributed by atoms with Crippen molar-refractivity contribution < 1.29 is 0 Å². The minimum absolute atomic E-state index is 0.685. The minimum atomic E-state index is 0.685. The van der Waals surface area contributed by atoms with Gasteiger partial charge in [0.2, 0.25) is 11.0 Å². The van der Waals surface area contributed by atoms with E-state index in [2.05, 4.69) is 58.7 Å². The van der Waals surface area contributed by atoms with Crippen LogP contribution in [0.3, 0.4) is 0 Å². The quantitative estimate of drug-likeness (QED) is 0.381. The molecule has 158 valence electrons. The van der Waals surface area contributed by atoms with Crippen molar-refractivity contribution in [3.8, 4) is 28.5 Å². The van der Waals surface area contributed by atoms with Crippen molar-refractivity contribution in [3.63, 3.8) is 0 Å². The minimum Gasteiger partial charge on any atom is -0.232 e. The van der Waals surface area contributed by atoms with Gasteiger partial charge in [0, 0.05) is 23.3 Å². The molecular formula is C26H18N6S. The molecule has 0 unspecified atom stereocenters. The zero-order valence-electron chi connectivity index (χ0n) is 17.6. The molecule has 0 saturated heterocycles. The molecule has 0 atom stereocenters. The molecule has 1 aliphatic carbocycles. The lowest BCUT2D eigenvalue weighted by atomic mass is 10.1. The molecule has 0 amide bonds. The van der Waals surface area contributed by atoms with Crippen molar-refractivity contribution >= 4 is 17.5 Å². The Bertz CT molecular complexity index is 1530. The lowest BCUT2D eigenvalue weighted by Crippen LogP contribution is -2.14. The van der Waals surface area contributed by atoms with E-state index in [0.29, 0.717) is 5.82 Å². The van der Waals surface area contributed by atoms with E-state index in [1.54, 1.807) is 11.8 Å². The summed E-state index contributed by atoms with van der Waals surface area (Å²) in [6.07, 6.45) is 0.818. The lowest BCUT2D eigenvalue weighted by Gasteiger charge is -2.13. The second kappa shape index (κ2) is 7.28. The molecule has 5 aromatic rings. The van der Waals surface area contributed by atoms with Crippen molar-refractivity contribution in [1.82, 2.24) is 24.7 Å². The standard InChI is InChI=1S/C26H18N6S/c1-3-9-17(10-4-1)22-16-33-26-28-27-25(32(26)29-22)23-21-15-18-11-7-8-14-20(18)24(21)31(30-23)19-12-5-2-6-13-19/h1-14H,15-16H2. The fourth-order valence-corrected chi connectivity index (χ4v) is 5.41. The molecular weight excluding hydrogens is 428 g/mol. The molecule has 0 N–H and O–H groups in total. The Morgan fingerprint density at radius 1 is 0.788 bits per heavy atom. The SMILES string of the molecule is c1ccc(C2=Nn3c(nnc3-c3nn(-c4ccccc4)c4c3Cc3ccccc3-4)SC2)cc1. The first-order chi connectivity index (χ1) is 16.4. The predicted octanol–water partition coefficient (Wildman–Crippen LogP) is 5.06. The Labute approximate surface area is 194 Å². The fourth-order valence-electron chi connectivity index (χ4n) is 4.57. The summed E-state index contributed by atoms with van der Waals surface area (Å²) >= 11 is 1.65. The molecule has 2 aromatic heterocycles. The number of fused-ring (bicyclic) bond motifs is 4. The van der Waals surface area contributed by atoms with Crippen LogP contribution < -0.4 is 0 Å². The van der Waals surface area contributed by atoms with Gasteiger partial charge in [-0.15, -0.1) is 10.2 Å². The summed E-state index contributed by atoms with van der Waals surface area (Å²) in [5.74, 6) is 1.45. The maximum absolute atomic E-state index is 5.06. The molecule has 7 heteroatoms. The summed E-state index contributed by atoms with van der Waals surface area (Å²) in [6, 6.07) is 29.1. The number of benzene rings is 3. The largest absolute Gasteiger partial charge is 0.232 e. The zero-order valence-corrected chi connectivity index (χ0v) is 18.4. The molecule has 7 rings (SSSR count). The van der Waals surface area contributed by atoms with Gasteiger partial charge in [0.05, 0.1) is 17.1 Å². The third-order valence-corrected chi connectivity index (χ3v) is 7.04. The van der Waals surface area contributed by atoms with E-state index in [0.717, 1.165) is 45.7 Å². The monoisotopic (exact) mass is 446 g/mol. The van der Waals surface area contributed by atoms with Gasteiger partial charge < -0.3 is 0 Å². The van der Waals surface area contributed by atoms with Gasteiger partial charge in [-0.2, -0.15) is 14.9 Å². The van der Waals surface area contributed by atoms with E-state index in [4.69, 9.17) is 10.2 Å². The van der Waals surface area contributed by atoms with Crippen LogP contribution in [0.1, 0.15) is 16.7 Å². The van der Waals surface area contributed by atoms with Crippen LogP contribution in [-0.4, -0.2) is 36.1 Å². The number of para-hydroxylation sites is 1. The van der Waals surface area contributed by atoms with Crippen molar-refractivity contribution in [1.29, 1.82) is 0 Å². The Hall–Kier alpha value is -3.97.